The molecule has 2 aromatic rings. The summed E-state index contributed by atoms with van der Waals surface area (Å²) in [5, 5.41) is 0. The third-order valence-corrected chi connectivity index (χ3v) is 2.50. The van der Waals surface area contributed by atoms with Gasteiger partial charge in [0.25, 0.3) is 0 Å². The van der Waals surface area contributed by atoms with Crippen LogP contribution in [-0.2, 0) is 13.5 Å². The van der Waals surface area contributed by atoms with Crippen molar-refractivity contribution >= 4 is 0 Å². The summed E-state index contributed by atoms with van der Waals surface area (Å²) in [5.74, 6) is -0.214. The second-order valence-corrected chi connectivity index (χ2v) is 3.87. The molecule has 2 rings (SSSR count). The van der Waals surface area contributed by atoms with Crippen LogP contribution in [0.5, 0.6) is 0 Å². The average molecular weight is 219 g/mol. The van der Waals surface area contributed by atoms with Crippen molar-refractivity contribution in [1.29, 1.82) is 0 Å². The predicted octanol–water partition coefficient (Wildman–Crippen LogP) is 1.80. The molecule has 84 valence electrons. The zero-order chi connectivity index (χ0) is 11.5. The summed E-state index contributed by atoms with van der Waals surface area (Å²) >= 11 is 0. The fourth-order valence-electron chi connectivity index (χ4n) is 1.63. The van der Waals surface area contributed by atoms with E-state index in [-0.39, 0.29) is 11.9 Å². The largest absolute Gasteiger partial charge is 0.340 e. The van der Waals surface area contributed by atoms with Crippen molar-refractivity contribution in [3.63, 3.8) is 0 Å². The van der Waals surface area contributed by atoms with Crippen molar-refractivity contribution < 1.29 is 4.39 Å². The van der Waals surface area contributed by atoms with E-state index in [1.807, 2.05) is 23.9 Å². The Balaban J connectivity index is 2.13. The van der Waals surface area contributed by atoms with Crippen LogP contribution in [0.2, 0.25) is 0 Å². The maximum Gasteiger partial charge on any atom is 0.126 e. The van der Waals surface area contributed by atoms with Crippen LogP contribution in [-0.4, -0.2) is 9.55 Å². The second-order valence-electron chi connectivity index (χ2n) is 3.87. The summed E-state index contributed by atoms with van der Waals surface area (Å²) < 4.78 is 15.2. The molecule has 1 unspecified atom stereocenters. The molecule has 0 aliphatic carbocycles. The molecule has 0 spiro atoms. The van der Waals surface area contributed by atoms with E-state index in [0.29, 0.717) is 12.0 Å². The van der Waals surface area contributed by atoms with Crippen LogP contribution >= 0.6 is 0 Å². The predicted molar refractivity (Wildman–Crippen MR) is 60.2 cm³/mol. The van der Waals surface area contributed by atoms with Crippen molar-refractivity contribution in [3.05, 3.63) is 53.9 Å². The number of rotatable bonds is 3. The standard InChI is InChI=1S/C12H14FN3/c1-16-7-12(15-8-16)11(14)6-9-4-2-3-5-10(9)13/h2-5,7-8,11H,6,14H2,1H3. The molecule has 4 heteroatoms. The van der Waals surface area contributed by atoms with Crippen molar-refractivity contribution in [1.82, 2.24) is 9.55 Å². The van der Waals surface area contributed by atoms with Gasteiger partial charge in [0.05, 0.1) is 18.1 Å². The van der Waals surface area contributed by atoms with Crippen LogP contribution in [0, 0.1) is 5.82 Å². The lowest BCUT2D eigenvalue weighted by Crippen LogP contribution is -2.14. The molecular weight excluding hydrogens is 205 g/mol. The van der Waals surface area contributed by atoms with Gasteiger partial charge in [-0.05, 0) is 18.1 Å². The minimum absolute atomic E-state index is 0.214. The van der Waals surface area contributed by atoms with Gasteiger partial charge in [-0.25, -0.2) is 9.37 Å². The summed E-state index contributed by atoms with van der Waals surface area (Å²) in [5.41, 5.74) is 7.38. The smallest absolute Gasteiger partial charge is 0.126 e. The molecule has 0 aliphatic rings. The van der Waals surface area contributed by atoms with Crippen LogP contribution < -0.4 is 5.73 Å². The van der Waals surface area contributed by atoms with Crippen molar-refractivity contribution in [3.8, 4) is 0 Å². The summed E-state index contributed by atoms with van der Waals surface area (Å²) in [4.78, 5) is 4.16. The third-order valence-electron chi connectivity index (χ3n) is 2.50. The van der Waals surface area contributed by atoms with E-state index in [4.69, 9.17) is 5.73 Å². The maximum absolute atomic E-state index is 13.4. The average Bonchev–Trinajstić information content (AvgIpc) is 2.68. The molecule has 1 heterocycles. The number of aromatic nitrogens is 2. The molecular formula is C12H14FN3. The van der Waals surface area contributed by atoms with Crippen molar-refractivity contribution in [2.45, 2.75) is 12.5 Å². The lowest BCUT2D eigenvalue weighted by atomic mass is 10.0. The molecule has 1 aromatic heterocycles. The highest BCUT2D eigenvalue weighted by molar-refractivity contribution is 5.20. The number of nitrogens with zero attached hydrogens (tertiary/aromatic N) is 2. The zero-order valence-corrected chi connectivity index (χ0v) is 9.10. The molecule has 0 bridgehead atoms. The lowest BCUT2D eigenvalue weighted by molar-refractivity contribution is 0.590. The quantitative estimate of drug-likeness (QED) is 0.855. The van der Waals surface area contributed by atoms with Crippen LogP contribution in [0.25, 0.3) is 0 Å². The number of imidazole rings is 1. The van der Waals surface area contributed by atoms with Gasteiger partial charge in [-0.1, -0.05) is 18.2 Å². The van der Waals surface area contributed by atoms with E-state index in [1.54, 1.807) is 18.5 Å². The fraction of sp³-hybridized carbons (Fsp3) is 0.250. The highest BCUT2D eigenvalue weighted by Crippen LogP contribution is 2.16. The fourth-order valence-corrected chi connectivity index (χ4v) is 1.63. The minimum atomic E-state index is -0.266. The normalized spacial score (nSPS) is 12.7. The van der Waals surface area contributed by atoms with Gasteiger partial charge in [0.1, 0.15) is 5.82 Å². The van der Waals surface area contributed by atoms with E-state index >= 15 is 0 Å². The minimum Gasteiger partial charge on any atom is -0.340 e. The van der Waals surface area contributed by atoms with Gasteiger partial charge < -0.3 is 10.3 Å². The molecule has 3 nitrogen and oxygen atoms in total. The number of aryl methyl sites for hydroxylation is 1. The zero-order valence-electron chi connectivity index (χ0n) is 9.10. The summed E-state index contributed by atoms with van der Waals surface area (Å²) in [6.07, 6.45) is 4.01. The monoisotopic (exact) mass is 219 g/mol. The molecule has 0 amide bonds. The van der Waals surface area contributed by atoms with Crippen molar-refractivity contribution in [2.24, 2.45) is 12.8 Å². The summed E-state index contributed by atoms with van der Waals surface area (Å²) in [7, 11) is 1.88. The Morgan fingerprint density at radius 1 is 1.44 bits per heavy atom. The molecule has 0 saturated heterocycles. The van der Waals surface area contributed by atoms with Crippen LogP contribution in [0.1, 0.15) is 17.3 Å². The van der Waals surface area contributed by atoms with Gasteiger partial charge in [0.15, 0.2) is 0 Å². The van der Waals surface area contributed by atoms with E-state index in [2.05, 4.69) is 4.98 Å². The Hall–Kier alpha value is -1.68. The second kappa shape index (κ2) is 4.45. The van der Waals surface area contributed by atoms with Gasteiger partial charge in [0.2, 0.25) is 0 Å². The van der Waals surface area contributed by atoms with E-state index in [9.17, 15) is 4.39 Å². The third kappa shape index (κ3) is 2.28. The van der Waals surface area contributed by atoms with Crippen LogP contribution in [0.15, 0.2) is 36.8 Å². The van der Waals surface area contributed by atoms with Crippen LogP contribution in [0.4, 0.5) is 4.39 Å². The molecule has 0 fully saturated rings. The first-order valence-corrected chi connectivity index (χ1v) is 5.13. The molecule has 2 N–H and O–H groups in total. The number of benzene rings is 1. The Kier molecular flexibility index (Phi) is 3.01. The number of hydrogen-bond donors (Lipinski definition) is 1. The lowest BCUT2D eigenvalue weighted by Gasteiger charge is -2.09. The topological polar surface area (TPSA) is 43.8 Å². The molecule has 16 heavy (non-hydrogen) atoms. The van der Waals surface area contributed by atoms with E-state index in [0.717, 1.165) is 5.69 Å². The Bertz CT molecular complexity index is 479. The Morgan fingerprint density at radius 3 is 2.81 bits per heavy atom. The van der Waals surface area contributed by atoms with E-state index in [1.165, 1.54) is 6.07 Å². The number of hydrogen-bond acceptors (Lipinski definition) is 2. The van der Waals surface area contributed by atoms with Gasteiger partial charge in [-0.3, -0.25) is 0 Å². The first kappa shape index (κ1) is 10.8. The van der Waals surface area contributed by atoms with E-state index < -0.39 is 0 Å². The number of halogens is 1. The van der Waals surface area contributed by atoms with Gasteiger partial charge in [-0.2, -0.15) is 0 Å². The van der Waals surface area contributed by atoms with Gasteiger partial charge in [-0.15, -0.1) is 0 Å². The summed E-state index contributed by atoms with van der Waals surface area (Å²) in [6, 6.07) is 6.41. The van der Waals surface area contributed by atoms with Gasteiger partial charge >= 0.3 is 0 Å². The Morgan fingerprint density at radius 2 is 2.19 bits per heavy atom. The van der Waals surface area contributed by atoms with Gasteiger partial charge in [0, 0.05) is 13.2 Å². The first-order valence-electron chi connectivity index (χ1n) is 5.13. The first-order chi connectivity index (χ1) is 7.66. The molecule has 1 aromatic carbocycles. The Labute approximate surface area is 93.7 Å². The highest BCUT2D eigenvalue weighted by atomic mass is 19.1. The SMILES string of the molecule is Cn1cnc(C(N)Cc2ccccc2F)c1. The molecule has 1 atom stereocenters. The molecule has 0 aliphatic heterocycles. The summed E-state index contributed by atoms with van der Waals surface area (Å²) in [6.45, 7) is 0. The van der Waals surface area contributed by atoms with Crippen LogP contribution in [0.3, 0.4) is 0 Å². The number of nitrogens with two attached hydrogens (primary N) is 1. The molecule has 0 radical (unpaired) electrons. The highest BCUT2D eigenvalue weighted by Gasteiger charge is 2.11. The van der Waals surface area contributed by atoms with Crippen molar-refractivity contribution in [2.75, 3.05) is 0 Å². The maximum atomic E-state index is 13.4. The molecule has 0 saturated carbocycles.